The van der Waals surface area contributed by atoms with E-state index >= 15 is 0 Å². The number of nitrogens with one attached hydrogen (secondary N) is 2. The monoisotopic (exact) mass is 474 g/mol. The normalized spacial score (nSPS) is 18.2. The van der Waals surface area contributed by atoms with Crippen molar-refractivity contribution < 1.29 is 14.3 Å². The summed E-state index contributed by atoms with van der Waals surface area (Å²) < 4.78 is 14.5. The van der Waals surface area contributed by atoms with E-state index in [2.05, 4.69) is 10.9 Å². The van der Waals surface area contributed by atoms with Crippen molar-refractivity contribution in [1.29, 1.82) is 0 Å². The van der Waals surface area contributed by atoms with Gasteiger partial charge in [-0.05, 0) is 76.4 Å². The van der Waals surface area contributed by atoms with Crippen molar-refractivity contribution in [3.05, 3.63) is 106 Å². The van der Waals surface area contributed by atoms with Gasteiger partial charge in [0.1, 0.15) is 0 Å². The highest BCUT2D eigenvalue weighted by Crippen LogP contribution is 2.47. The first-order valence-corrected chi connectivity index (χ1v) is 11.7. The number of carbonyl (C=O) groups is 1. The van der Waals surface area contributed by atoms with Crippen LogP contribution in [0.2, 0.25) is 5.02 Å². The Labute approximate surface area is 202 Å². The summed E-state index contributed by atoms with van der Waals surface area (Å²) in [6.07, 6.45) is 4.71. The number of hydrogen-bond acceptors (Lipinski definition) is 3. The van der Waals surface area contributed by atoms with Crippen molar-refractivity contribution >= 4 is 40.5 Å². The quantitative estimate of drug-likeness (QED) is 0.202. The average molecular weight is 475 g/mol. The summed E-state index contributed by atoms with van der Waals surface area (Å²) in [6, 6.07) is 21.4. The fourth-order valence-corrected chi connectivity index (χ4v) is 4.84. The van der Waals surface area contributed by atoms with Gasteiger partial charge in [0.2, 0.25) is 0 Å². The van der Waals surface area contributed by atoms with Gasteiger partial charge in [0.25, 0.3) is 0 Å². The van der Waals surface area contributed by atoms with E-state index in [1.807, 2.05) is 66.7 Å². The molecule has 172 valence electrons. The van der Waals surface area contributed by atoms with Gasteiger partial charge in [-0.1, -0.05) is 66.6 Å². The second-order valence-corrected chi connectivity index (χ2v) is 9.03. The van der Waals surface area contributed by atoms with Crippen LogP contribution in [-0.4, -0.2) is 11.1 Å². The van der Waals surface area contributed by atoms with Crippen LogP contribution in [0.25, 0.3) is 17.2 Å². The van der Waals surface area contributed by atoms with Gasteiger partial charge < -0.3 is 10.5 Å². The Hall–Kier alpha value is -3.41. The Morgan fingerprint density at radius 3 is 2.44 bits per heavy atom. The summed E-state index contributed by atoms with van der Waals surface area (Å²) in [4.78, 5) is 10.9. The lowest BCUT2D eigenvalue weighted by Gasteiger charge is -2.32. The van der Waals surface area contributed by atoms with Crippen molar-refractivity contribution in [2.24, 2.45) is 5.92 Å². The molecule has 1 heterocycles. The fraction of sp³-hybridized carbons (Fsp3) is 0.179. The van der Waals surface area contributed by atoms with E-state index in [-0.39, 0.29) is 0 Å². The third-order valence-corrected chi connectivity index (χ3v) is 6.84. The molecule has 0 spiro atoms. The SMILES string of the molecule is O=C(O)/C=C/c1ccc(/C(=C(\c2ccccc2Cl)C2CCC2)c2ccc3c(c2)C(F)NN3)cc1. The first kappa shape index (κ1) is 22.4. The molecule has 1 saturated carbocycles. The Balaban J connectivity index is 1.72. The Morgan fingerprint density at radius 2 is 1.76 bits per heavy atom. The number of carboxylic acid groups (broad SMARTS) is 1. The average Bonchev–Trinajstić information content (AvgIpc) is 3.17. The predicted octanol–water partition coefficient (Wildman–Crippen LogP) is 7.10. The number of alkyl halides is 1. The summed E-state index contributed by atoms with van der Waals surface area (Å²) in [5, 5.41) is 9.63. The van der Waals surface area contributed by atoms with Crippen molar-refractivity contribution in [3.8, 4) is 0 Å². The number of hydrazine groups is 1. The van der Waals surface area contributed by atoms with Crippen LogP contribution in [0, 0.1) is 5.92 Å². The summed E-state index contributed by atoms with van der Waals surface area (Å²) in [5.74, 6) is -0.635. The number of hydrogen-bond donors (Lipinski definition) is 3. The lowest BCUT2D eigenvalue weighted by molar-refractivity contribution is -0.131. The van der Waals surface area contributed by atoms with Crippen molar-refractivity contribution in [2.75, 3.05) is 5.43 Å². The molecule has 1 fully saturated rings. The van der Waals surface area contributed by atoms with Gasteiger partial charge in [0, 0.05) is 16.7 Å². The summed E-state index contributed by atoms with van der Waals surface area (Å²) >= 11 is 6.70. The molecule has 0 radical (unpaired) electrons. The highest BCUT2D eigenvalue weighted by molar-refractivity contribution is 6.32. The molecule has 1 aliphatic heterocycles. The summed E-state index contributed by atoms with van der Waals surface area (Å²) in [7, 11) is 0. The zero-order chi connectivity index (χ0) is 23.7. The van der Waals surface area contributed by atoms with Gasteiger partial charge >= 0.3 is 5.97 Å². The molecular weight excluding hydrogens is 451 g/mol. The number of fused-ring (bicyclic) bond motifs is 1. The second-order valence-electron chi connectivity index (χ2n) is 8.62. The standard InChI is InChI=1S/C28H24ClFN2O2/c29-23-7-2-1-6-21(23)27(18-4-3-5-18)26(19-11-8-17(9-12-19)10-15-25(33)34)20-13-14-24-22(16-20)28(30)32-31-24/h1-2,6-16,18,28,31-32H,3-5H2,(H,33,34)/b15-10+,27-26+. The van der Waals surface area contributed by atoms with Gasteiger partial charge in [-0.2, -0.15) is 0 Å². The molecule has 1 aliphatic carbocycles. The lowest BCUT2D eigenvalue weighted by Crippen LogP contribution is -2.15. The van der Waals surface area contributed by atoms with Crippen LogP contribution in [0.1, 0.15) is 53.4 Å². The molecule has 0 saturated heterocycles. The Bertz CT molecular complexity index is 1300. The van der Waals surface area contributed by atoms with Crippen molar-refractivity contribution in [3.63, 3.8) is 0 Å². The first-order chi connectivity index (χ1) is 16.5. The zero-order valence-electron chi connectivity index (χ0n) is 18.4. The van der Waals surface area contributed by atoms with Crippen LogP contribution in [0.3, 0.4) is 0 Å². The van der Waals surface area contributed by atoms with E-state index in [4.69, 9.17) is 16.7 Å². The maximum Gasteiger partial charge on any atom is 0.328 e. The van der Waals surface area contributed by atoms with Crippen LogP contribution >= 0.6 is 11.6 Å². The summed E-state index contributed by atoms with van der Waals surface area (Å²) in [5.41, 5.74) is 12.7. The van der Waals surface area contributed by atoms with E-state index < -0.39 is 12.3 Å². The number of carboxylic acids is 1. The van der Waals surface area contributed by atoms with E-state index in [0.717, 1.165) is 58.9 Å². The molecule has 3 N–H and O–H groups in total. The Kier molecular flexibility index (Phi) is 6.22. The molecule has 0 bridgehead atoms. The first-order valence-electron chi connectivity index (χ1n) is 11.3. The van der Waals surface area contributed by atoms with Crippen molar-refractivity contribution in [2.45, 2.75) is 25.6 Å². The van der Waals surface area contributed by atoms with Crippen LogP contribution in [0.4, 0.5) is 10.1 Å². The molecule has 6 heteroatoms. The fourth-order valence-electron chi connectivity index (χ4n) is 4.60. The number of rotatable bonds is 6. The topological polar surface area (TPSA) is 61.4 Å². The third-order valence-electron chi connectivity index (χ3n) is 6.51. The van der Waals surface area contributed by atoms with E-state index in [1.54, 1.807) is 6.08 Å². The van der Waals surface area contributed by atoms with Crippen LogP contribution < -0.4 is 10.9 Å². The van der Waals surface area contributed by atoms with Gasteiger partial charge in [-0.25, -0.2) is 14.6 Å². The Morgan fingerprint density at radius 1 is 1.03 bits per heavy atom. The van der Waals surface area contributed by atoms with Gasteiger partial charge in [0.15, 0.2) is 6.30 Å². The van der Waals surface area contributed by atoms with E-state index in [1.165, 1.54) is 5.57 Å². The number of anilines is 1. The number of benzene rings is 3. The largest absolute Gasteiger partial charge is 0.478 e. The molecule has 34 heavy (non-hydrogen) atoms. The number of allylic oxidation sites excluding steroid dienone is 1. The molecule has 3 aromatic carbocycles. The smallest absolute Gasteiger partial charge is 0.328 e. The molecular formula is C28H24ClFN2O2. The molecule has 1 atom stereocenters. The van der Waals surface area contributed by atoms with Crippen molar-refractivity contribution in [1.82, 2.24) is 5.43 Å². The second kappa shape index (κ2) is 9.45. The minimum absolute atomic E-state index is 0.354. The number of aliphatic carboxylic acids is 1. The molecule has 5 rings (SSSR count). The minimum Gasteiger partial charge on any atom is -0.478 e. The maximum atomic E-state index is 14.5. The van der Waals surface area contributed by atoms with Crippen LogP contribution in [0.15, 0.2) is 72.8 Å². The number of halogens is 2. The lowest BCUT2D eigenvalue weighted by atomic mass is 9.73. The third kappa shape index (κ3) is 4.37. The molecule has 0 amide bonds. The molecule has 4 nitrogen and oxygen atoms in total. The van der Waals surface area contributed by atoms with E-state index in [0.29, 0.717) is 16.5 Å². The molecule has 1 unspecified atom stereocenters. The highest BCUT2D eigenvalue weighted by atomic mass is 35.5. The molecule has 0 aromatic heterocycles. The highest BCUT2D eigenvalue weighted by Gasteiger charge is 2.29. The predicted molar refractivity (Wildman–Crippen MR) is 135 cm³/mol. The minimum atomic E-state index is -1.29. The van der Waals surface area contributed by atoms with E-state index in [9.17, 15) is 9.18 Å². The summed E-state index contributed by atoms with van der Waals surface area (Å²) in [6.45, 7) is 0. The van der Waals surface area contributed by atoms with Crippen LogP contribution in [0.5, 0.6) is 0 Å². The molecule has 2 aliphatic rings. The zero-order valence-corrected chi connectivity index (χ0v) is 19.1. The molecule has 3 aromatic rings. The maximum absolute atomic E-state index is 14.5. The van der Waals surface area contributed by atoms with Crippen LogP contribution in [-0.2, 0) is 4.79 Å². The van der Waals surface area contributed by atoms with Gasteiger partial charge in [-0.3, -0.25) is 0 Å². The van der Waals surface area contributed by atoms with Gasteiger partial charge in [0.05, 0.1) is 5.69 Å². The van der Waals surface area contributed by atoms with Gasteiger partial charge in [-0.15, -0.1) is 0 Å².